The number of hydrogen-bond acceptors (Lipinski definition) is 5. The molecular formula is C17H18FN5O. The van der Waals surface area contributed by atoms with Crippen molar-refractivity contribution in [2.24, 2.45) is 5.92 Å². The largest absolute Gasteiger partial charge is 0.382 e. The lowest BCUT2D eigenvalue weighted by atomic mass is 9.78. The average Bonchev–Trinajstić information content (AvgIpc) is 3.03. The first-order valence-corrected chi connectivity index (χ1v) is 7.93. The molecule has 1 aromatic carbocycles. The zero-order valence-corrected chi connectivity index (χ0v) is 13.0. The molecule has 4 rings (SSSR count). The Morgan fingerprint density at radius 3 is 2.83 bits per heavy atom. The zero-order valence-electron chi connectivity index (χ0n) is 13.0. The van der Waals surface area contributed by atoms with Crippen molar-refractivity contribution >= 4 is 17.0 Å². The number of nitrogen functional groups attached to an aromatic ring is 1. The second-order valence-corrected chi connectivity index (χ2v) is 6.09. The molecule has 0 saturated heterocycles. The predicted molar refractivity (Wildman–Crippen MR) is 87.9 cm³/mol. The summed E-state index contributed by atoms with van der Waals surface area (Å²) in [6, 6.07) is 9.62. The quantitative estimate of drug-likeness (QED) is 0.779. The van der Waals surface area contributed by atoms with E-state index in [0.717, 1.165) is 5.56 Å². The lowest BCUT2D eigenvalue weighted by molar-refractivity contribution is -0.0290. The second kappa shape index (κ2) is 6.16. The first-order valence-electron chi connectivity index (χ1n) is 7.93. The molecule has 0 spiro atoms. The third kappa shape index (κ3) is 2.60. The van der Waals surface area contributed by atoms with Crippen LogP contribution < -0.4 is 5.73 Å². The summed E-state index contributed by atoms with van der Waals surface area (Å²) in [7, 11) is 0. The number of halogens is 1. The minimum atomic E-state index is -0.977. The van der Waals surface area contributed by atoms with Gasteiger partial charge in [0.1, 0.15) is 18.0 Å². The number of imidazole rings is 1. The van der Waals surface area contributed by atoms with Crippen LogP contribution in [-0.2, 0) is 11.3 Å². The number of aromatic nitrogens is 4. The summed E-state index contributed by atoms with van der Waals surface area (Å²) in [6.07, 6.45) is 2.69. The summed E-state index contributed by atoms with van der Waals surface area (Å²) in [5.74, 6) is 0.214. The lowest BCUT2D eigenvalue weighted by Gasteiger charge is -2.40. The SMILES string of the molecule is Nc1ncnc2c1ncn2[C@H]1C[C@@H](COCc2ccccc2)[C@H]1F. The summed E-state index contributed by atoms with van der Waals surface area (Å²) >= 11 is 0. The minimum absolute atomic E-state index is 0.102. The van der Waals surface area contributed by atoms with E-state index in [1.807, 2.05) is 30.3 Å². The van der Waals surface area contributed by atoms with Gasteiger partial charge in [-0.25, -0.2) is 19.3 Å². The van der Waals surface area contributed by atoms with E-state index in [0.29, 0.717) is 36.6 Å². The highest BCUT2D eigenvalue weighted by molar-refractivity contribution is 5.81. The molecule has 24 heavy (non-hydrogen) atoms. The molecule has 0 aliphatic heterocycles. The van der Waals surface area contributed by atoms with Crippen LogP contribution in [0.5, 0.6) is 0 Å². The third-order valence-corrected chi connectivity index (χ3v) is 4.55. The van der Waals surface area contributed by atoms with E-state index in [-0.39, 0.29) is 12.0 Å². The van der Waals surface area contributed by atoms with Gasteiger partial charge in [0.15, 0.2) is 11.5 Å². The normalized spacial score (nSPS) is 23.3. The number of ether oxygens (including phenoxy) is 1. The van der Waals surface area contributed by atoms with Crippen LogP contribution in [0, 0.1) is 5.92 Å². The van der Waals surface area contributed by atoms with Gasteiger partial charge in [0, 0.05) is 5.92 Å². The van der Waals surface area contributed by atoms with E-state index in [1.54, 1.807) is 10.9 Å². The van der Waals surface area contributed by atoms with E-state index < -0.39 is 6.17 Å². The first-order chi connectivity index (χ1) is 11.7. The Kier molecular flexibility index (Phi) is 3.86. The molecule has 1 aliphatic carbocycles. The lowest BCUT2D eigenvalue weighted by Crippen LogP contribution is -2.42. The van der Waals surface area contributed by atoms with Gasteiger partial charge in [-0.05, 0) is 12.0 Å². The van der Waals surface area contributed by atoms with Crippen molar-refractivity contribution in [3.8, 4) is 0 Å². The molecule has 7 heteroatoms. The molecule has 124 valence electrons. The van der Waals surface area contributed by atoms with Gasteiger partial charge in [-0.15, -0.1) is 0 Å². The molecule has 0 unspecified atom stereocenters. The number of fused-ring (bicyclic) bond motifs is 1. The van der Waals surface area contributed by atoms with Crippen molar-refractivity contribution < 1.29 is 9.13 Å². The van der Waals surface area contributed by atoms with Crippen LogP contribution in [0.25, 0.3) is 11.2 Å². The van der Waals surface area contributed by atoms with Crippen LogP contribution in [0.4, 0.5) is 10.2 Å². The summed E-state index contributed by atoms with van der Waals surface area (Å²) in [6.45, 7) is 0.919. The van der Waals surface area contributed by atoms with Gasteiger partial charge in [-0.1, -0.05) is 30.3 Å². The van der Waals surface area contributed by atoms with Crippen LogP contribution in [0.15, 0.2) is 43.0 Å². The Labute approximate surface area is 138 Å². The summed E-state index contributed by atoms with van der Waals surface area (Å²) in [5.41, 5.74) is 7.97. The number of benzene rings is 1. The van der Waals surface area contributed by atoms with Gasteiger partial charge in [-0.3, -0.25) is 0 Å². The second-order valence-electron chi connectivity index (χ2n) is 6.09. The molecule has 2 heterocycles. The van der Waals surface area contributed by atoms with Crippen molar-refractivity contribution in [1.82, 2.24) is 19.5 Å². The highest BCUT2D eigenvalue weighted by Crippen LogP contribution is 2.42. The molecule has 1 fully saturated rings. The highest BCUT2D eigenvalue weighted by Gasteiger charge is 2.43. The number of nitrogens with two attached hydrogens (primary N) is 1. The monoisotopic (exact) mass is 327 g/mol. The van der Waals surface area contributed by atoms with Crippen molar-refractivity contribution in [1.29, 1.82) is 0 Å². The number of nitrogens with zero attached hydrogens (tertiary/aromatic N) is 4. The standard InChI is InChI=1S/C17H18FN5O/c18-14-12(8-24-7-11-4-2-1-3-5-11)6-13(14)23-10-22-15-16(19)20-9-21-17(15)23/h1-5,9-10,12-14H,6-8H2,(H2,19,20,21)/t12-,13-,14+/m0/s1. The number of alkyl halides is 1. The van der Waals surface area contributed by atoms with Gasteiger partial charge in [0.2, 0.25) is 0 Å². The van der Waals surface area contributed by atoms with Gasteiger partial charge in [0.05, 0.1) is 25.6 Å². The molecule has 2 aromatic heterocycles. The molecule has 0 amide bonds. The van der Waals surface area contributed by atoms with E-state index in [4.69, 9.17) is 10.5 Å². The Hall–Kier alpha value is -2.54. The van der Waals surface area contributed by atoms with Crippen molar-refractivity contribution in [3.63, 3.8) is 0 Å². The summed E-state index contributed by atoms with van der Waals surface area (Å²) < 4.78 is 22.0. The van der Waals surface area contributed by atoms with Crippen LogP contribution >= 0.6 is 0 Å². The molecule has 3 aromatic rings. The fourth-order valence-corrected chi connectivity index (χ4v) is 3.13. The molecule has 0 bridgehead atoms. The Balaban J connectivity index is 1.37. The molecule has 1 aliphatic rings. The maximum atomic E-state index is 14.6. The maximum Gasteiger partial charge on any atom is 0.165 e. The molecule has 1 saturated carbocycles. The molecule has 3 atom stereocenters. The van der Waals surface area contributed by atoms with E-state index >= 15 is 0 Å². The summed E-state index contributed by atoms with van der Waals surface area (Å²) in [4.78, 5) is 12.3. The first kappa shape index (κ1) is 15.0. The zero-order chi connectivity index (χ0) is 16.5. The van der Waals surface area contributed by atoms with Crippen molar-refractivity contribution in [3.05, 3.63) is 48.5 Å². The summed E-state index contributed by atoms with van der Waals surface area (Å²) in [5, 5.41) is 0. The van der Waals surface area contributed by atoms with Gasteiger partial charge >= 0.3 is 0 Å². The number of anilines is 1. The van der Waals surface area contributed by atoms with Crippen LogP contribution in [0.3, 0.4) is 0 Å². The van der Waals surface area contributed by atoms with E-state index in [2.05, 4.69) is 15.0 Å². The van der Waals surface area contributed by atoms with Crippen LogP contribution in [0.1, 0.15) is 18.0 Å². The fraction of sp³-hybridized carbons (Fsp3) is 0.353. The molecule has 2 N–H and O–H groups in total. The van der Waals surface area contributed by atoms with Crippen LogP contribution in [-0.4, -0.2) is 32.3 Å². The van der Waals surface area contributed by atoms with E-state index in [9.17, 15) is 4.39 Å². The van der Waals surface area contributed by atoms with Crippen molar-refractivity contribution in [2.75, 3.05) is 12.3 Å². The van der Waals surface area contributed by atoms with E-state index in [1.165, 1.54) is 6.33 Å². The highest BCUT2D eigenvalue weighted by atomic mass is 19.1. The van der Waals surface area contributed by atoms with Gasteiger partial charge in [0.25, 0.3) is 0 Å². The Morgan fingerprint density at radius 2 is 2.04 bits per heavy atom. The maximum absolute atomic E-state index is 14.6. The molecular weight excluding hydrogens is 309 g/mol. The number of rotatable bonds is 5. The van der Waals surface area contributed by atoms with Crippen molar-refractivity contribution in [2.45, 2.75) is 25.2 Å². The predicted octanol–water partition coefficient (Wildman–Crippen LogP) is 2.52. The topological polar surface area (TPSA) is 78.9 Å². The van der Waals surface area contributed by atoms with Gasteiger partial charge in [-0.2, -0.15) is 0 Å². The molecule has 6 nitrogen and oxygen atoms in total. The van der Waals surface area contributed by atoms with Gasteiger partial charge < -0.3 is 15.0 Å². The third-order valence-electron chi connectivity index (χ3n) is 4.55. The smallest absolute Gasteiger partial charge is 0.165 e. The molecule has 0 radical (unpaired) electrons. The average molecular weight is 327 g/mol. The minimum Gasteiger partial charge on any atom is -0.382 e. The Bertz CT molecular complexity index is 837. The van der Waals surface area contributed by atoms with Crippen LogP contribution in [0.2, 0.25) is 0 Å². The fourth-order valence-electron chi connectivity index (χ4n) is 3.13. The number of hydrogen-bond donors (Lipinski definition) is 1. The Morgan fingerprint density at radius 1 is 1.21 bits per heavy atom.